The number of amidine groups is 1. The number of aliphatic imine (C=N–C) groups is 1. The van der Waals surface area contributed by atoms with Crippen LogP contribution in [0, 0.1) is 0 Å². The van der Waals surface area contributed by atoms with E-state index < -0.39 is 11.7 Å². The molecule has 0 atom stereocenters. The molecule has 0 saturated carbocycles. The van der Waals surface area contributed by atoms with E-state index in [-0.39, 0.29) is 11.6 Å². The highest BCUT2D eigenvalue weighted by atomic mass is 35.5. The van der Waals surface area contributed by atoms with Gasteiger partial charge in [0.25, 0.3) is 0 Å². The molecule has 0 saturated heterocycles. The summed E-state index contributed by atoms with van der Waals surface area (Å²) in [7, 11) is 0. The molecule has 0 bridgehead atoms. The summed E-state index contributed by atoms with van der Waals surface area (Å²) < 4.78 is 39.3. The fraction of sp³-hybridized carbons (Fsp3) is 0.200. The van der Waals surface area contributed by atoms with Crippen LogP contribution in [-0.2, 0) is 12.7 Å². The molecule has 0 aliphatic carbocycles. The van der Waals surface area contributed by atoms with Crippen molar-refractivity contribution in [1.82, 2.24) is 4.98 Å². The Bertz CT molecular complexity index is 741. The average molecular weight is 326 g/mol. The van der Waals surface area contributed by atoms with E-state index in [1.54, 1.807) is 18.2 Å². The summed E-state index contributed by atoms with van der Waals surface area (Å²) >= 11 is 5.73. The number of aromatic nitrogens is 1. The number of alkyl halides is 4. The molecule has 1 aromatic carbocycles. The highest BCUT2D eigenvalue weighted by Gasteiger charge is 2.34. The zero-order valence-corrected chi connectivity index (χ0v) is 12.0. The molecule has 0 radical (unpaired) electrons. The molecule has 1 N–H and O–H groups in total. The molecule has 7 heteroatoms. The summed E-state index contributed by atoms with van der Waals surface area (Å²) in [6, 6.07) is 7.33. The molecular weight excluding hydrogens is 315 g/mol. The predicted molar refractivity (Wildman–Crippen MR) is 80.2 cm³/mol. The molecule has 0 amide bonds. The number of anilines is 1. The van der Waals surface area contributed by atoms with Crippen LogP contribution in [0.2, 0.25) is 0 Å². The predicted octanol–water partition coefficient (Wildman–Crippen LogP) is 4.33. The van der Waals surface area contributed by atoms with Gasteiger partial charge in [-0.3, -0.25) is 9.98 Å². The van der Waals surface area contributed by atoms with Crippen molar-refractivity contribution in [2.75, 3.05) is 11.2 Å². The Morgan fingerprint density at radius 1 is 1.23 bits per heavy atom. The number of hydrogen-bond acceptors (Lipinski definition) is 3. The van der Waals surface area contributed by atoms with Gasteiger partial charge in [-0.2, -0.15) is 13.2 Å². The third kappa shape index (κ3) is 2.78. The van der Waals surface area contributed by atoms with Crippen molar-refractivity contribution in [3.05, 3.63) is 47.7 Å². The van der Waals surface area contributed by atoms with Crippen LogP contribution >= 0.6 is 11.6 Å². The maximum Gasteiger partial charge on any atom is 0.418 e. The first kappa shape index (κ1) is 14.8. The quantitative estimate of drug-likeness (QED) is 0.834. The Kier molecular flexibility index (Phi) is 3.78. The molecule has 1 aromatic heterocycles. The van der Waals surface area contributed by atoms with E-state index in [2.05, 4.69) is 15.3 Å². The monoisotopic (exact) mass is 325 g/mol. The highest BCUT2D eigenvalue weighted by molar-refractivity contribution is 6.30. The number of hydrogen-bond donors (Lipinski definition) is 1. The number of nitrogens with one attached hydrogen (secondary N) is 1. The standard InChI is InChI=1S/C15H11ClF3N3/c16-7-13-21-8-10-4-3-9(6-12(10)22-13)14-11(15(17,18)19)2-1-5-20-14/h1-6H,7-8H2,(H,21,22). The van der Waals surface area contributed by atoms with Crippen LogP contribution in [0.4, 0.5) is 18.9 Å². The maximum absolute atomic E-state index is 13.1. The Morgan fingerprint density at radius 2 is 2.05 bits per heavy atom. The largest absolute Gasteiger partial charge is 0.418 e. The van der Waals surface area contributed by atoms with E-state index in [9.17, 15) is 13.2 Å². The van der Waals surface area contributed by atoms with Gasteiger partial charge in [0.15, 0.2) is 0 Å². The lowest BCUT2D eigenvalue weighted by atomic mass is 10.0. The summed E-state index contributed by atoms with van der Waals surface area (Å²) in [6.45, 7) is 0.457. The van der Waals surface area contributed by atoms with Crippen molar-refractivity contribution in [1.29, 1.82) is 0 Å². The second-order valence-electron chi connectivity index (χ2n) is 4.79. The normalized spacial score (nSPS) is 14.1. The first-order chi connectivity index (χ1) is 10.5. The molecule has 0 fully saturated rings. The number of halogens is 4. The van der Waals surface area contributed by atoms with E-state index >= 15 is 0 Å². The maximum atomic E-state index is 13.1. The third-order valence-electron chi connectivity index (χ3n) is 3.34. The first-order valence-electron chi connectivity index (χ1n) is 6.51. The van der Waals surface area contributed by atoms with Gasteiger partial charge in [-0.25, -0.2) is 0 Å². The Labute approximate surface area is 129 Å². The molecule has 22 heavy (non-hydrogen) atoms. The summed E-state index contributed by atoms with van der Waals surface area (Å²) in [5.74, 6) is 0.824. The SMILES string of the molecule is FC(F)(F)c1cccnc1-c1ccc2c(c1)NC(CCl)=NC2. The van der Waals surface area contributed by atoms with Crippen LogP contribution in [0.1, 0.15) is 11.1 Å². The average Bonchev–Trinajstić information content (AvgIpc) is 2.53. The van der Waals surface area contributed by atoms with Gasteiger partial charge < -0.3 is 5.32 Å². The minimum absolute atomic E-state index is 0.0884. The molecule has 1 aliphatic heterocycles. The summed E-state index contributed by atoms with van der Waals surface area (Å²) in [5.41, 5.74) is 1.17. The Balaban J connectivity index is 2.05. The lowest BCUT2D eigenvalue weighted by Crippen LogP contribution is -2.19. The van der Waals surface area contributed by atoms with Crippen LogP contribution in [0.5, 0.6) is 0 Å². The number of nitrogens with zero attached hydrogens (tertiary/aromatic N) is 2. The van der Waals surface area contributed by atoms with Gasteiger partial charge in [0.2, 0.25) is 0 Å². The van der Waals surface area contributed by atoms with Gasteiger partial charge in [0.05, 0.1) is 23.7 Å². The van der Waals surface area contributed by atoms with E-state index in [1.807, 2.05) is 0 Å². The molecule has 3 rings (SSSR count). The second-order valence-corrected chi connectivity index (χ2v) is 5.06. The molecular formula is C15H11ClF3N3. The second kappa shape index (κ2) is 5.61. The fourth-order valence-electron chi connectivity index (χ4n) is 2.29. The van der Waals surface area contributed by atoms with Crippen LogP contribution in [0.15, 0.2) is 41.5 Å². The topological polar surface area (TPSA) is 37.3 Å². The van der Waals surface area contributed by atoms with Gasteiger partial charge in [0.1, 0.15) is 5.84 Å². The van der Waals surface area contributed by atoms with Gasteiger partial charge in [-0.15, -0.1) is 11.6 Å². The third-order valence-corrected chi connectivity index (χ3v) is 3.60. The molecule has 114 valence electrons. The summed E-state index contributed by atoms with van der Waals surface area (Å²) in [4.78, 5) is 8.13. The molecule has 3 nitrogen and oxygen atoms in total. The highest BCUT2D eigenvalue weighted by Crippen LogP contribution is 2.37. The van der Waals surface area contributed by atoms with E-state index in [0.717, 1.165) is 11.6 Å². The molecule has 0 spiro atoms. The minimum atomic E-state index is -4.45. The van der Waals surface area contributed by atoms with Crippen LogP contribution in [-0.4, -0.2) is 16.7 Å². The Hall–Kier alpha value is -2.08. The van der Waals surface area contributed by atoms with Crippen molar-refractivity contribution in [3.8, 4) is 11.3 Å². The molecule has 1 aliphatic rings. The van der Waals surface area contributed by atoms with Crippen LogP contribution in [0.3, 0.4) is 0 Å². The van der Waals surface area contributed by atoms with Crippen molar-refractivity contribution in [2.45, 2.75) is 12.7 Å². The lowest BCUT2D eigenvalue weighted by Gasteiger charge is -2.19. The van der Waals surface area contributed by atoms with Gasteiger partial charge in [-0.1, -0.05) is 12.1 Å². The smallest absolute Gasteiger partial charge is 0.343 e. The molecule has 2 heterocycles. The zero-order valence-electron chi connectivity index (χ0n) is 11.3. The van der Waals surface area contributed by atoms with Gasteiger partial charge in [-0.05, 0) is 23.8 Å². The van der Waals surface area contributed by atoms with Crippen molar-refractivity contribution in [3.63, 3.8) is 0 Å². The van der Waals surface area contributed by atoms with Crippen LogP contribution < -0.4 is 5.32 Å². The van der Waals surface area contributed by atoms with E-state index in [4.69, 9.17) is 11.6 Å². The zero-order chi connectivity index (χ0) is 15.7. The van der Waals surface area contributed by atoms with Crippen molar-refractivity contribution >= 4 is 23.1 Å². The minimum Gasteiger partial charge on any atom is -0.343 e. The first-order valence-corrected chi connectivity index (χ1v) is 7.04. The number of fused-ring (bicyclic) bond motifs is 1. The number of benzene rings is 1. The lowest BCUT2D eigenvalue weighted by molar-refractivity contribution is -0.137. The van der Waals surface area contributed by atoms with Crippen LogP contribution in [0.25, 0.3) is 11.3 Å². The van der Waals surface area contributed by atoms with Crippen molar-refractivity contribution < 1.29 is 13.2 Å². The van der Waals surface area contributed by atoms with Gasteiger partial charge in [0, 0.05) is 17.4 Å². The molecule has 0 unspecified atom stereocenters. The summed E-state index contributed by atoms with van der Waals surface area (Å²) in [6.07, 6.45) is -3.10. The fourth-order valence-corrected chi connectivity index (χ4v) is 2.44. The molecule has 2 aromatic rings. The number of pyridine rings is 1. The van der Waals surface area contributed by atoms with Gasteiger partial charge >= 0.3 is 6.18 Å². The van der Waals surface area contributed by atoms with E-state index in [1.165, 1.54) is 12.3 Å². The number of rotatable bonds is 2. The van der Waals surface area contributed by atoms with E-state index in [0.29, 0.717) is 23.6 Å². The summed E-state index contributed by atoms with van der Waals surface area (Å²) in [5, 5.41) is 3.02. The van der Waals surface area contributed by atoms with Crippen molar-refractivity contribution in [2.24, 2.45) is 4.99 Å². The Morgan fingerprint density at radius 3 is 2.77 bits per heavy atom.